The molecule has 6 nitrogen and oxygen atoms in total. The van der Waals surface area contributed by atoms with Crippen molar-refractivity contribution in [2.45, 2.75) is 76.3 Å². The minimum absolute atomic E-state index is 0.00762. The Morgan fingerprint density at radius 3 is 2.70 bits per heavy atom. The molecular formula is C27H39N3O3. The number of amides is 2. The van der Waals surface area contributed by atoms with Crippen LogP contribution in [-0.2, 0) is 9.59 Å². The maximum absolute atomic E-state index is 12.2. The summed E-state index contributed by atoms with van der Waals surface area (Å²) in [5, 5.41) is 3.15. The lowest BCUT2D eigenvalue weighted by atomic mass is 9.83. The first-order valence-corrected chi connectivity index (χ1v) is 12.7. The SMILES string of the molecule is CN(C)C(=O)CCC(=O)N[C@H]1CC[C@H](CCN2CCCCC2c2coc3cccc-3c2)CC1. The molecule has 1 N–H and O–H groups in total. The first-order valence-electron chi connectivity index (χ1n) is 12.7. The van der Waals surface area contributed by atoms with E-state index in [4.69, 9.17) is 4.42 Å². The summed E-state index contributed by atoms with van der Waals surface area (Å²) in [7, 11) is 3.45. The van der Waals surface area contributed by atoms with Gasteiger partial charge in [0.05, 0.1) is 6.26 Å². The first kappa shape index (κ1) is 23.8. The molecule has 0 radical (unpaired) electrons. The molecule has 2 fully saturated rings. The summed E-state index contributed by atoms with van der Waals surface area (Å²) in [5.74, 6) is 1.72. The van der Waals surface area contributed by atoms with Crippen LogP contribution >= 0.6 is 0 Å². The topological polar surface area (TPSA) is 65.8 Å². The molecule has 0 bridgehead atoms. The number of fused-ring (bicyclic) bond motifs is 1. The van der Waals surface area contributed by atoms with Gasteiger partial charge in [0.1, 0.15) is 5.76 Å². The quantitative estimate of drug-likeness (QED) is 0.621. The molecule has 0 aromatic rings. The van der Waals surface area contributed by atoms with Crippen molar-refractivity contribution in [3.05, 3.63) is 36.1 Å². The smallest absolute Gasteiger partial charge is 0.222 e. The number of carbonyl (C=O) groups is 2. The number of hydrogen-bond donors (Lipinski definition) is 1. The summed E-state index contributed by atoms with van der Waals surface area (Å²) in [5.41, 5.74) is 2.51. The van der Waals surface area contributed by atoms with Crippen LogP contribution in [0, 0.1) is 5.92 Å². The van der Waals surface area contributed by atoms with E-state index in [9.17, 15) is 9.59 Å². The Bertz CT molecular complexity index is 884. The zero-order chi connectivity index (χ0) is 23.2. The molecule has 2 heterocycles. The number of likely N-dealkylation sites (tertiary alicyclic amines) is 1. The van der Waals surface area contributed by atoms with E-state index in [1.807, 2.05) is 12.3 Å². The second kappa shape index (κ2) is 11.2. The van der Waals surface area contributed by atoms with Gasteiger partial charge in [-0.3, -0.25) is 14.5 Å². The average molecular weight is 454 g/mol. The summed E-state index contributed by atoms with van der Waals surface area (Å²) in [4.78, 5) is 28.1. The van der Waals surface area contributed by atoms with Gasteiger partial charge in [-0.25, -0.2) is 0 Å². The van der Waals surface area contributed by atoms with Crippen LogP contribution in [0.3, 0.4) is 0 Å². The molecule has 0 spiro atoms. The van der Waals surface area contributed by atoms with Crippen molar-refractivity contribution < 1.29 is 14.0 Å². The van der Waals surface area contributed by atoms with Crippen LogP contribution in [0.1, 0.15) is 75.8 Å². The van der Waals surface area contributed by atoms with E-state index in [-0.39, 0.29) is 30.7 Å². The van der Waals surface area contributed by atoms with Gasteiger partial charge in [0.2, 0.25) is 11.8 Å². The molecule has 0 aromatic carbocycles. The van der Waals surface area contributed by atoms with Crippen molar-refractivity contribution in [2.24, 2.45) is 5.92 Å². The number of nitrogens with one attached hydrogen (secondary N) is 1. The van der Waals surface area contributed by atoms with Gasteiger partial charge < -0.3 is 14.6 Å². The Labute approximate surface area is 198 Å². The number of nitrogens with zero attached hydrogens (tertiary/aromatic N) is 2. The van der Waals surface area contributed by atoms with Crippen molar-refractivity contribution >= 4 is 11.8 Å². The van der Waals surface area contributed by atoms with Crippen molar-refractivity contribution in [1.29, 1.82) is 0 Å². The molecule has 180 valence electrons. The fourth-order valence-corrected chi connectivity index (χ4v) is 5.49. The normalized spacial score (nSPS) is 24.0. The van der Waals surface area contributed by atoms with E-state index in [2.05, 4.69) is 28.4 Å². The van der Waals surface area contributed by atoms with Crippen molar-refractivity contribution in [2.75, 3.05) is 27.2 Å². The van der Waals surface area contributed by atoms with E-state index in [0.29, 0.717) is 6.04 Å². The zero-order valence-corrected chi connectivity index (χ0v) is 20.2. The van der Waals surface area contributed by atoms with Crippen LogP contribution in [0.15, 0.2) is 34.9 Å². The Morgan fingerprint density at radius 1 is 1.09 bits per heavy atom. The van der Waals surface area contributed by atoms with Crippen LogP contribution in [0.4, 0.5) is 0 Å². The molecule has 1 saturated carbocycles. The van der Waals surface area contributed by atoms with E-state index in [1.54, 1.807) is 19.0 Å². The van der Waals surface area contributed by atoms with Gasteiger partial charge >= 0.3 is 0 Å². The van der Waals surface area contributed by atoms with Crippen LogP contribution in [-0.4, -0.2) is 54.8 Å². The Morgan fingerprint density at radius 2 is 1.91 bits per heavy atom. The van der Waals surface area contributed by atoms with Crippen molar-refractivity contribution in [3.8, 4) is 11.3 Å². The van der Waals surface area contributed by atoms with Gasteiger partial charge in [0.15, 0.2) is 0 Å². The average Bonchev–Trinajstić information content (AvgIpc) is 3.30. The first-order chi connectivity index (χ1) is 16.0. The van der Waals surface area contributed by atoms with E-state index in [1.165, 1.54) is 56.2 Å². The summed E-state index contributed by atoms with van der Waals surface area (Å²) in [6, 6.07) is 9.25. The second-order valence-corrected chi connectivity index (χ2v) is 10.1. The summed E-state index contributed by atoms with van der Waals surface area (Å²) in [6.07, 6.45) is 12.0. The van der Waals surface area contributed by atoms with Gasteiger partial charge in [-0.05, 0) is 76.1 Å². The highest BCUT2D eigenvalue weighted by atomic mass is 16.3. The number of carbonyl (C=O) groups excluding carboxylic acids is 2. The molecule has 1 atom stereocenters. The van der Waals surface area contributed by atoms with Gasteiger partial charge in [0, 0.05) is 50.1 Å². The van der Waals surface area contributed by atoms with Gasteiger partial charge in [0.25, 0.3) is 0 Å². The third-order valence-electron chi connectivity index (χ3n) is 7.55. The lowest BCUT2D eigenvalue weighted by Crippen LogP contribution is -2.39. The number of piperidine rings is 1. The molecule has 4 aliphatic rings. The molecule has 1 unspecified atom stereocenters. The molecule has 4 rings (SSSR count). The molecule has 1 saturated heterocycles. The highest BCUT2D eigenvalue weighted by Gasteiger charge is 2.28. The van der Waals surface area contributed by atoms with Gasteiger partial charge in [-0.2, -0.15) is 0 Å². The lowest BCUT2D eigenvalue weighted by molar-refractivity contribution is -0.131. The Kier molecular flexibility index (Phi) is 8.07. The highest BCUT2D eigenvalue weighted by molar-refractivity contribution is 5.83. The lowest BCUT2D eigenvalue weighted by Gasteiger charge is -2.37. The third-order valence-corrected chi connectivity index (χ3v) is 7.55. The van der Waals surface area contributed by atoms with E-state index < -0.39 is 0 Å². The van der Waals surface area contributed by atoms with Crippen LogP contribution in [0.25, 0.3) is 11.3 Å². The third kappa shape index (κ3) is 6.38. The summed E-state index contributed by atoms with van der Waals surface area (Å²) < 4.78 is 5.88. The number of rotatable bonds is 8. The van der Waals surface area contributed by atoms with Crippen LogP contribution < -0.4 is 5.32 Å². The zero-order valence-electron chi connectivity index (χ0n) is 20.2. The van der Waals surface area contributed by atoms with E-state index in [0.717, 1.165) is 31.1 Å². The van der Waals surface area contributed by atoms with Crippen LogP contribution in [0.5, 0.6) is 0 Å². The maximum Gasteiger partial charge on any atom is 0.222 e. The summed E-state index contributed by atoms with van der Waals surface area (Å²) >= 11 is 0. The predicted molar refractivity (Wildman–Crippen MR) is 130 cm³/mol. The fourth-order valence-electron chi connectivity index (χ4n) is 5.49. The minimum Gasteiger partial charge on any atom is -0.464 e. The maximum atomic E-state index is 12.2. The molecule has 33 heavy (non-hydrogen) atoms. The fraction of sp³-hybridized carbons (Fsp3) is 0.630. The Hall–Kier alpha value is -2.34. The van der Waals surface area contributed by atoms with E-state index >= 15 is 0 Å². The van der Waals surface area contributed by atoms with Gasteiger partial charge in [-0.15, -0.1) is 0 Å². The molecular weight excluding hydrogens is 414 g/mol. The number of hydrogen-bond acceptors (Lipinski definition) is 4. The van der Waals surface area contributed by atoms with Crippen LogP contribution in [0.2, 0.25) is 0 Å². The molecule has 2 aliphatic carbocycles. The standard InChI is InChI=1S/C27H39N3O3/c1-29(2)27(32)14-13-26(31)28-23-11-9-20(10-12-23)15-17-30-16-4-3-7-24(30)22-18-21-6-5-8-25(21)33-19-22/h5-6,8,18-20,23-24H,3-4,7,9-17H2,1-2H3,(H,28,31)/t20-,23-,24?. The second-order valence-electron chi connectivity index (χ2n) is 10.1. The largest absolute Gasteiger partial charge is 0.464 e. The summed E-state index contributed by atoms with van der Waals surface area (Å²) in [6.45, 7) is 2.30. The van der Waals surface area contributed by atoms with Gasteiger partial charge in [-0.1, -0.05) is 18.6 Å². The Balaban J connectivity index is 1.21. The molecule has 2 aliphatic heterocycles. The molecule has 6 heteroatoms. The monoisotopic (exact) mass is 453 g/mol. The molecule has 0 aromatic heterocycles. The predicted octanol–water partition coefficient (Wildman–Crippen LogP) is 4.84. The molecule has 2 amide bonds. The van der Waals surface area contributed by atoms with Crippen molar-refractivity contribution in [3.63, 3.8) is 0 Å². The minimum atomic E-state index is 0.00762. The van der Waals surface area contributed by atoms with Crippen molar-refractivity contribution in [1.82, 2.24) is 15.1 Å². The highest BCUT2D eigenvalue weighted by Crippen LogP contribution is 2.36.